The largest absolute Gasteiger partial charge is 0.246 e. The molecule has 0 aromatic heterocycles. The van der Waals surface area contributed by atoms with Gasteiger partial charge in [-0.15, -0.1) is 0 Å². The first-order valence-electron chi connectivity index (χ1n) is 5.09. The predicted octanol–water partition coefficient (Wildman–Crippen LogP) is 6.98. The van der Waals surface area contributed by atoms with Crippen LogP contribution in [-0.4, -0.2) is 10.0 Å². The molecule has 0 saturated heterocycles. The Hall–Kier alpha value is 0.400. The average Bonchev–Trinajstić information content (AvgIpc) is 2.42. The Morgan fingerprint density at radius 3 is 1.65 bits per heavy atom. The van der Waals surface area contributed by atoms with Gasteiger partial charge in [-0.05, 0) is 24.3 Å². The van der Waals surface area contributed by atoms with Crippen molar-refractivity contribution in [3.05, 3.63) is 49.4 Å². The molecule has 0 heterocycles. The zero-order chi connectivity index (χ0) is 15.1. The van der Waals surface area contributed by atoms with E-state index in [0.717, 1.165) is 0 Å². The Morgan fingerprint density at radius 2 is 1.20 bits per heavy atom. The molecular formula is C12H4Cl7N. The summed E-state index contributed by atoms with van der Waals surface area (Å²) in [6.07, 6.45) is 0. The van der Waals surface area contributed by atoms with E-state index in [1.54, 1.807) is 24.3 Å². The van der Waals surface area contributed by atoms with Crippen LogP contribution in [0.25, 0.3) is 0 Å². The standard InChI is InChI=1S/C12H4Cl7N/c13-5-1-3-6(4-2-5)20-9-7(14)10(16)12(18,19)11(17)8(9)15/h1-4H. The highest BCUT2D eigenvalue weighted by Gasteiger charge is 2.42. The quantitative estimate of drug-likeness (QED) is 0.443. The van der Waals surface area contributed by atoms with Gasteiger partial charge < -0.3 is 0 Å². The molecule has 0 aliphatic heterocycles. The van der Waals surface area contributed by atoms with E-state index in [2.05, 4.69) is 4.99 Å². The fourth-order valence-electron chi connectivity index (χ4n) is 1.42. The van der Waals surface area contributed by atoms with Gasteiger partial charge in [0.1, 0.15) is 5.71 Å². The van der Waals surface area contributed by atoms with Crippen LogP contribution >= 0.6 is 81.2 Å². The lowest BCUT2D eigenvalue weighted by molar-refractivity contribution is 1.18. The zero-order valence-electron chi connectivity index (χ0n) is 9.40. The highest BCUT2D eigenvalue weighted by Crippen LogP contribution is 2.50. The highest BCUT2D eigenvalue weighted by molar-refractivity contribution is 6.70. The van der Waals surface area contributed by atoms with Gasteiger partial charge in [0.2, 0.25) is 0 Å². The predicted molar refractivity (Wildman–Crippen MR) is 90.4 cm³/mol. The summed E-state index contributed by atoms with van der Waals surface area (Å²) in [7, 11) is 0. The van der Waals surface area contributed by atoms with Gasteiger partial charge >= 0.3 is 0 Å². The van der Waals surface area contributed by atoms with Crippen LogP contribution in [-0.2, 0) is 0 Å². The smallest absolute Gasteiger partial charge is 0.191 e. The average molecular weight is 410 g/mol. The summed E-state index contributed by atoms with van der Waals surface area (Å²) in [6.45, 7) is 0. The van der Waals surface area contributed by atoms with Gasteiger partial charge in [0.25, 0.3) is 0 Å². The molecule has 106 valence electrons. The molecule has 0 N–H and O–H groups in total. The van der Waals surface area contributed by atoms with Crippen LogP contribution in [0.3, 0.4) is 0 Å². The molecule has 2 rings (SSSR count). The van der Waals surface area contributed by atoms with Crippen molar-refractivity contribution in [3.63, 3.8) is 0 Å². The Morgan fingerprint density at radius 1 is 0.750 bits per heavy atom. The zero-order valence-corrected chi connectivity index (χ0v) is 14.7. The van der Waals surface area contributed by atoms with Gasteiger partial charge in [0.05, 0.1) is 25.8 Å². The summed E-state index contributed by atoms with van der Waals surface area (Å²) in [4.78, 5) is 4.28. The van der Waals surface area contributed by atoms with Crippen LogP contribution in [0.1, 0.15) is 0 Å². The first-order valence-corrected chi connectivity index (χ1v) is 7.74. The second-order valence-corrected chi connectivity index (χ2v) is 7.04. The molecule has 0 bridgehead atoms. The van der Waals surface area contributed by atoms with E-state index in [-0.39, 0.29) is 25.8 Å². The summed E-state index contributed by atoms with van der Waals surface area (Å²) < 4.78 is -1.67. The molecule has 0 amide bonds. The molecule has 0 spiro atoms. The lowest BCUT2D eigenvalue weighted by Gasteiger charge is -2.26. The molecule has 0 radical (unpaired) electrons. The minimum Gasteiger partial charge on any atom is -0.246 e. The number of rotatable bonds is 1. The molecule has 1 nitrogen and oxygen atoms in total. The lowest BCUT2D eigenvalue weighted by atomic mass is 10.1. The molecule has 1 aliphatic carbocycles. The minimum atomic E-state index is -1.67. The summed E-state index contributed by atoms with van der Waals surface area (Å²) in [6, 6.07) is 6.73. The molecule has 8 heteroatoms. The second-order valence-electron chi connectivity index (χ2n) is 3.77. The van der Waals surface area contributed by atoms with Gasteiger partial charge in [-0.25, -0.2) is 4.99 Å². The monoisotopic (exact) mass is 407 g/mol. The number of benzene rings is 1. The lowest BCUT2D eigenvalue weighted by Crippen LogP contribution is -2.24. The number of allylic oxidation sites excluding steroid dienone is 4. The molecule has 1 aromatic rings. The topological polar surface area (TPSA) is 12.4 Å². The van der Waals surface area contributed by atoms with Crippen molar-refractivity contribution in [2.75, 3.05) is 0 Å². The molecule has 0 saturated carbocycles. The maximum atomic E-state index is 6.10. The molecule has 1 aliphatic rings. The molecular weight excluding hydrogens is 406 g/mol. The van der Waals surface area contributed by atoms with Crippen LogP contribution in [0.5, 0.6) is 0 Å². The third-order valence-electron chi connectivity index (χ3n) is 2.42. The summed E-state index contributed by atoms with van der Waals surface area (Å²) in [5, 5.41) is 0.564. The van der Waals surface area contributed by atoms with Crippen LogP contribution < -0.4 is 0 Å². The van der Waals surface area contributed by atoms with Crippen molar-refractivity contribution in [2.24, 2.45) is 4.99 Å². The Labute approximate surface area is 150 Å². The number of hydrogen-bond donors (Lipinski definition) is 0. The fraction of sp³-hybridized carbons (Fsp3) is 0.0833. The second kappa shape index (κ2) is 6.26. The molecule has 0 unspecified atom stereocenters. The van der Waals surface area contributed by atoms with Crippen LogP contribution in [0.2, 0.25) is 5.02 Å². The Balaban J connectivity index is 2.57. The van der Waals surface area contributed by atoms with Crippen molar-refractivity contribution in [3.8, 4) is 0 Å². The van der Waals surface area contributed by atoms with E-state index in [1.165, 1.54) is 0 Å². The molecule has 1 aromatic carbocycles. The Bertz CT molecular complexity index is 610. The van der Waals surface area contributed by atoms with E-state index in [1.807, 2.05) is 0 Å². The molecule has 20 heavy (non-hydrogen) atoms. The summed E-state index contributed by atoms with van der Waals surface area (Å²) in [5.74, 6) is 0. The number of nitrogens with zero attached hydrogens (tertiary/aromatic N) is 1. The van der Waals surface area contributed by atoms with Gasteiger partial charge in [-0.2, -0.15) is 0 Å². The maximum absolute atomic E-state index is 6.10. The SMILES string of the molecule is ClC1=C(Cl)C(Cl)(Cl)C(Cl)=C(Cl)C1=Nc1ccc(Cl)cc1. The fourth-order valence-corrected chi connectivity index (χ4v) is 3.14. The van der Waals surface area contributed by atoms with E-state index in [9.17, 15) is 0 Å². The number of hydrogen-bond acceptors (Lipinski definition) is 1. The minimum absolute atomic E-state index is 0.0426. The molecule has 0 atom stereocenters. The maximum Gasteiger partial charge on any atom is 0.191 e. The first-order chi connectivity index (χ1) is 9.25. The third kappa shape index (κ3) is 3.10. The summed E-state index contributed by atoms with van der Waals surface area (Å²) >= 11 is 42.0. The van der Waals surface area contributed by atoms with Crippen molar-refractivity contribution < 1.29 is 0 Å². The highest BCUT2D eigenvalue weighted by atomic mass is 35.5. The van der Waals surface area contributed by atoms with Crippen molar-refractivity contribution in [1.29, 1.82) is 0 Å². The van der Waals surface area contributed by atoms with Crippen LogP contribution in [0.4, 0.5) is 5.69 Å². The Kier molecular flexibility index (Phi) is 5.24. The van der Waals surface area contributed by atoms with Crippen LogP contribution in [0.15, 0.2) is 49.4 Å². The van der Waals surface area contributed by atoms with Gasteiger partial charge in [0.15, 0.2) is 4.33 Å². The number of halogens is 7. The molecule has 0 fully saturated rings. The van der Waals surface area contributed by atoms with E-state index >= 15 is 0 Å². The van der Waals surface area contributed by atoms with E-state index < -0.39 is 4.33 Å². The van der Waals surface area contributed by atoms with Gasteiger partial charge in [0, 0.05) is 5.02 Å². The summed E-state index contributed by atoms with van der Waals surface area (Å²) in [5.41, 5.74) is 0.772. The number of alkyl halides is 2. The van der Waals surface area contributed by atoms with Gasteiger partial charge in [-0.3, -0.25) is 0 Å². The van der Waals surface area contributed by atoms with Crippen molar-refractivity contribution >= 4 is 92.6 Å². The van der Waals surface area contributed by atoms with Crippen molar-refractivity contribution in [2.45, 2.75) is 4.33 Å². The first kappa shape index (κ1) is 16.8. The van der Waals surface area contributed by atoms with E-state index in [0.29, 0.717) is 10.7 Å². The van der Waals surface area contributed by atoms with Crippen molar-refractivity contribution in [1.82, 2.24) is 0 Å². The third-order valence-corrected chi connectivity index (χ3v) is 5.69. The normalized spacial score (nSPS) is 18.6. The van der Waals surface area contributed by atoms with E-state index in [4.69, 9.17) is 81.2 Å². The number of aliphatic imine (C=N–C) groups is 1. The van der Waals surface area contributed by atoms with Crippen LogP contribution in [0, 0.1) is 0 Å². The van der Waals surface area contributed by atoms with Gasteiger partial charge in [-0.1, -0.05) is 81.2 Å².